The lowest BCUT2D eigenvalue weighted by Gasteiger charge is -2.28. The molecule has 8 heteroatoms. The largest absolute Gasteiger partial charge is 0.491 e. The maximum Gasteiger partial charge on any atom is 0.322 e. The number of hydrogen-bond acceptors (Lipinski definition) is 6. The first-order valence-electron chi connectivity index (χ1n) is 13.7. The maximum atomic E-state index is 12.5. The second-order valence-electron chi connectivity index (χ2n) is 11.3. The molecule has 2 aromatic rings. The molecule has 0 aromatic heterocycles. The molecule has 210 valence electrons. The highest BCUT2D eigenvalue weighted by Crippen LogP contribution is 2.47. The first-order valence-corrected chi connectivity index (χ1v) is 15.3. The Morgan fingerprint density at radius 1 is 1.18 bits per heavy atom. The van der Waals surface area contributed by atoms with Gasteiger partial charge in [-0.3, -0.25) is 9.79 Å². The highest BCUT2D eigenvalue weighted by Gasteiger charge is 2.38. The minimum Gasteiger partial charge on any atom is -0.491 e. The van der Waals surface area contributed by atoms with Crippen LogP contribution in [0.2, 0.25) is 0 Å². The Bertz CT molecular complexity index is 1420. The average molecular weight is 553 g/mol. The van der Waals surface area contributed by atoms with Crippen LogP contribution < -0.4 is 9.46 Å². The number of methoxy groups -OCH3 is 1. The Balaban J connectivity index is 1.63. The predicted octanol–water partition coefficient (Wildman–Crippen LogP) is 5.94. The van der Waals surface area contributed by atoms with E-state index < -0.39 is 21.7 Å². The molecule has 2 aromatic carbocycles. The Kier molecular flexibility index (Phi) is 8.38. The number of nitrogens with one attached hydrogen (secondary N) is 1. The molecule has 2 unspecified atom stereocenters. The van der Waals surface area contributed by atoms with E-state index in [-0.39, 0.29) is 17.6 Å². The summed E-state index contributed by atoms with van der Waals surface area (Å²) in [6, 6.07) is 12.0. The van der Waals surface area contributed by atoms with E-state index in [2.05, 4.69) is 61.4 Å². The van der Waals surface area contributed by atoms with Crippen LogP contribution in [0.15, 0.2) is 47.6 Å². The van der Waals surface area contributed by atoms with Gasteiger partial charge in [0.05, 0.1) is 18.9 Å². The molecule has 1 aliphatic heterocycles. The number of carbonyl (C=O) groups excluding carboxylic acids is 1. The van der Waals surface area contributed by atoms with Crippen molar-refractivity contribution in [1.29, 1.82) is 0 Å². The Morgan fingerprint density at radius 3 is 2.59 bits per heavy atom. The van der Waals surface area contributed by atoms with Crippen molar-refractivity contribution in [2.45, 2.75) is 78.9 Å². The van der Waals surface area contributed by atoms with Crippen molar-refractivity contribution in [2.75, 3.05) is 12.9 Å². The zero-order chi connectivity index (χ0) is 28.5. The molecule has 39 heavy (non-hydrogen) atoms. The van der Waals surface area contributed by atoms with E-state index in [1.165, 1.54) is 12.7 Å². The Hall–Kier alpha value is -2.97. The summed E-state index contributed by atoms with van der Waals surface area (Å²) < 4.78 is 38.4. The molecule has 0 radical (unpaired) electrons. The van der Waals surface area contributed by atoms with Crippen molar-refractivity contribution in [3.05, 3.63) is 70.4 Å². The topological polar surface area (TPSA) is 94.1 Å². The molecular formula is C31H40N2O5S. The van der Waals surface area contributed by atoms with Gasteiger partial charge in [-0.25, -0.2) is 13.1 Å². The fourth-order valence-corrected chi connectivity index (χ4v) is 6.77. The zero-order valence-electron chi connectivity index (χ0n) is 24.0. The van der Waals surface area contributed by atoms with E-state index in [1.54, 1.807) is 0 Å². The summed E-state index contributed by atoms with van der Waals surface area (Å²) in [7, 11) is -2.63. The van der Waals surface area contributed by atoms with Crippen molar-refractivity contribution >= 4 is 27.3 Å². The third kappa shape index (κ3) is 5.97. The number of ether oxygens (including phenoxy) is 2. The first kappa shape index (κ1) is 29.0. The zero-order valence-corrected chi connectivity index (χ0v) is 24.8. The van der Waals surface area contributed by atoms with E-state index in [9.17, 15) is 13.2 Å². The number of allylic oxidation sites excluding steroid dienone is 1. The highest BCUT2D eigenvalue weighted by atomic mass is 32.2. The minimum atomic E-state index is -3.82. The molecule has 1 heterocycles. The van der Waals surface area contributed by atoms with E-state index in [0.29, 0.717) is 12.3 Å². The minimum absolute atomic E-state index is 0.0983. The smallest absolute Gasteiger partial charge is 0.322 e. The van der Waals surface area contributed by atoms with Crippen LogP contribution in [0.4, 0.5) is 0 Å². The lowest BCUT2D eigenvalue weighted by atomic mass is 9.74. The standard InChI is InChI=1S/C31H40N2O5S/c1-8-20(4)25-16-21(12-15-28(25)38-19(2)3)30-31(5,6)26(17-32-30)23-10-9-11-24-22(23)13-14-27(24)33-39(35,36)18-29(34)37-7/h9-12,15-17,19-20,27,33H,8,13-14,18H2,1-7H3. The number of fused-ring (bicyclic) bond motifs is 1. The van der Waals surface area contributed by atoms with Crippen LogP contribution in [0.1, 0.15) is 94.2 Å². The van der Waals surface area contributed by atoms with Crippen LogP contribution in [-0.4, -0.2) is 39.1 Å². The summed E-state index contributed by atoms with van der Waals surface area (Å²) >= 11 is 0. The van der Waals surface area contributed by atoms with E-state index >= 15 is 0 Å². The van der Waals surface area contributed by atoms with Crippen LogP contribution in [0.5, 0.6) is 5.75 Å². The molecule has 2 atom stereocenters. The van der Waals surface area contributed by atoms with Gasteiger partial charge in [-0.15, -0.1) is 0 Å². The predicted molar refractivity (Wildman–Crippen MR) is 156 cm³/mol. The summed E-state index contributed by atoms with van der Waals surface area (Å²) in [6.07, 6.45) is 4.43. The van der Waals surface area contributed by atoms with Gasteiger partial charge in [-0.05, 0) is 90.6 Å². The third-order valence-electron chi connectivity index (χ3n) is 7.80. The molecular weight excluding hydrogens is 512 g/mol. The van der Waals surface area contributed by atoms with Gasteiger partial charge in [-0.1, -0.05) is 45.9 Å². The van der Waals surface area contributed by atoms with Gasteiger partial charge in [0.1, 0.15) is 5.75 Å². The number of nitrogens with zero attached hydrogens (tertiary/aromatic N) is 1. The maximum absolute atomic E-state index is 12.5. The summed E-state index contributed by atoms with van der Waals surface area (Å²) in [6.45, 7) is 12.9. The number of esters is 1. The van der Waals surface area contributed by atoms with E-state index in [0.717, 1.165) is 52.1 Å². The second-order valence-corrected chi connectivity index (χ2v) is 13.0. The SMILES string of the molecule is CCC(C)c1cc(C2=NC=C(c3cccc4c3CCC4NS(=O)(=O)CC(=O)OC)C2(C)C)ccc1OC(C)C. The number of carbonyl (C=O) groups is 1. The van der Waals surface area contributed by atoms with Crippen LogP contribution in [0.25, 0.3) is 5.57 Å². The van der Waals surface area contributed by atoms with Gasteiger partial charge < -0.3 is 9.47 Å². The number of aliphatic imine (C=N–C) groups is 1. The van der Waals surface area contributed by atoms with Crippen molar-refractivity contribution in [3.63, 3.8) is 0 Å². The summed E-state index contributed by atoms with van der Waals surface area (Å²) in [5.41, 5.74) is 7.19. The molecule has 4 rings (SSSR count). The van der Waals surface area contributed by atoms with E-state index in [1.807, 2.05) is 32.2 Å². The van der Waals surface area contributed by atoms with Crippen molar-refractivity contribution in [2.24, 2.45) is 10.4 Å². The molecule has 0 saturated heterocycles. The molecule has 2 aliphatic rings. The van der Waals surface area contributed by atoms with Gasteiger partial charge in [-0.2, -0.15) is 0 Å². The van der Waals surface area contributed by atoms with Crippen molar-refractivity contribution in [3.8, 4) is 5.75 Å². The number of hydrogen-bond donors (Lipinski definition) is 1. The molecule has 1 aliphatic carbocycles. The van der Waals surface area contributed by atoms with Gasteiger partial charge in [0.2, 0.25) is 10.0 Å². The molecule has 7 nitrogen and oxygen atoms in total. The van der Waals surface area contributed by atoms with Gasteiger partial charge in [0.15, 0.2) is 5.75 Å². The lowest BCUT2D eigenvalue weighted by molar-refractivity contribution is -0.137. The molecule has 0 fully saturated rings. The van der Waals surface area contributed by atoms with Crippen LogP contribution >= 0.6 is 0 Å². The van der Waals surface area contributed by atoms with Gasteiger partial charge in [0.25, 0.3) is 0 Å². The molecule has 0 saturated carbocycles. The highest BCUT2D eigenvalue weighted by molar-refractivity contribution is 7.90. The van der Waals surface area contributed by atoms with Crippen LogP contribution in [-0.2, 0) is 26.0 Å². The number of benzene rings is 2. The van der Waals surface area contributed by atoms with Crippen LogP contribution in [0, 0.1) is 5.41 Å². The van der Waals surface area contributed by atoms with Crippen LogP contribution in [0.3, 0.4) is 0 Å². The third-order valence-corrected chi connectivity index (χ3v) is 9.05. The van der Waals surface area contributed by atoms with Crippen molar-refractivity contribution in [1.82, 2.24) is 4.72 Å². The monoisotopic (exact) mass is 552 g/mol. The normalized spacial score (nSPS) is 18.9. The number of sulfonamides is 1. The Morgan fingerprint density at radius 2 is 1.92 bits per heavy atom. The molecule has 0 bridgehead atoms. The molecule has 0 spiro atoms. The fraction of sp³-hybridized carbons (Fsp3) is 0.484. The molecule has 0 amide bonds. The van der Waals surface area contributed by atoms with Gasteiger partial charge in [0, 0.05) is 17.7 Å². The molecule has 1 N–H and O–H groups in total. The fourth-order valence-electron chi connectivity index (χ4n) is 5.58. The lowest BCUT2D eigenvalue weighted by Crippen LogP contribution is -2.33. The van der Waals surface area contributed by atoms with Crippen molar-refractivity contribution < 1.29 is 22.7 Å². The van der Waals surface area contributed by atoms with E-state index in [4.69, 9.17) is 9.73 Å². The first-order chi connectivity index (χ1) is 18.4. The van der Waals surface area contributed by atoms with Gasteiger partial charge >= 0.3 is 5.97 Å². The average Bonchev–Trinajstić information content (AvgIpc) is 3.42. The summed E-state index contributed by atoms with van der Waals surface area (Å²) in [5.74, 6) is -0.190. The number of rotatable bonds is 10. The Labute approximate surface area is 232 Å². The summed E-state index contributed by atoms with van der Waals surface area (Å²) in [4.78, 5) is 16.5. The summed E-state index contributed by atoms with van der Waals surface area (Å²) in [5, 5.41) is 0. The quantitative estimate of drug-likeness (QED) is 0.368. The second kappa shape index (κ2) is 11.3.